The zero-order valence-corrected chi connectivity index (χ0v) is 11.7. The van der Waals surface area contributed by atoms with Crippen LogP contribution >= 0.6 is 0 Å². The zero-order chi connectivity index (χ0) is 15.2. The highest BCUT2D eigenvalue weighted by Crippen LogP contribution is 2.49. The van der Waals surface area contributed by atoms with Gasteiger partial charge in [0.2, 0.25) is 5.79 Å². The summed E-state index contributed by atoms with van der Waals surface area (Å²) in [6.07, 6.45) is -0.979. The van der Waals surface area contributed by atoms with E-state index in [0.717, 1.165) is 0 Å². The van der Waals surface area contributed by atoms with Gasteiger partial charge in [-0.25, -0.2) is 0 Å². The average molecular weight is 288 g/mol. The van der Waals surface area contributed by atoms with Crippen LogP contribution in [0.3, 0.4) is 0 Å². The molecule has 21 heavy (non-hydrogen) atoms. The molecule has 0 fully saturated rings. The van der Waals surface area contributed by atoms with E-state index in [1.165, 1.54) is 14.2 Å². The van der Waals surface area contributed by atoms with Gasteiger partial charge in [-0.1, -0.05) is 24.3 Å². The summed E-state index contributed by atoms with van der Waals surface area (Å²) in [7, 11) is 2.88. The molecule has 1 aliphatic carbocycles. The number of hydrogen-bond acceptors (Lipinski definition) is 5. The van der Waals surface area contributed by atoms with Gasteiger partial charge < -0.3 is 24.8 Å². The van der Waals surface area contributed by atoms with E-state index in [1.54, 1.807) is 36.4 Å². The molecule has 0 radical (unpaired) electrons. The normalized spacial score (nSPS) is 16.0. The van der Waals surface area contributed by atoms with Crippen molar-refractivity contribution in [3.8, 4) is 11.5 Å². The minimum atomic E-state index is -2.30. The van der Waals surface area contributed by atoms with Crippen LogP contribution in [0.1, 0.15) is 28.4 Å². The highest BCUT2D eigenvalue weighted by atomic mass is 16.5. The van der Waals surface area contributed by atoms with E-state index < -0.39 is 11.9 Å². The van der Waals surface area contributed by atoms with Gasteiger partial charge in [0.15, 0.2) is 0 Å². The van der Waals surface area contributed by atoms with E-state index >= 15 is 0 Å². The molecule has 0 saturated carbocycles. The first-order chi connectivity index (χ1) is 10.0. The van der Waals surface area contributed by atoms with E-state index in [1.807, 2.05) is 0 Å². The Morgan fingerprint density at radius 3 is 1.67 bits per heavy atom. The predicted octanol–water partition coefficient (Wildman–Crippen LogP) is 1.28. The predicted molar refractivity (Wildman–Crippen MR) is 75.3 cm³/mol. The Hall–Kier alpha value is -2.08. The Morgan fingerprint density at radius 1 is 0.857 bits per heavy atom. The monoisotopic (exact) mass is 288 g/mol. The molecule has 2 aromatic rings. The summed E-state index contributed by atoms with van der Waals surface area (Å²) in [5.74, 6) is -1.70. The molecule has 3 rings (SSSR count). The number of ether oxygens (including phenoxy) is 2. The van der Waals surface area contributed by atoms with E-state index in [-0.39, 0.29) is 11.1 Å². The zero-order valence-electron chi connectivity index (χ0n) is 11.7. The van der Waals surface area contributed by atoms with Gasteiger partial charge in [-0.05, 0) is 23.3 Å². The number of hydrogen-bond donors (Lipinski definition) is 3. The molecule has 0 bridgehead atoms. The first kappa shape index (κ1) is 13.9. The molecule has 0 amide bonds. The van der Waals surface area contributed by atoms with Crippen LogP contribution in [0.4, 0.5) is 0 Å². The molecule has 110 valence electrons. The quantitative estimate of drug-likeness (QED) is 0.726. The van der Waals surface area contributed by atoms with Crippen molar-refractivity contribution in [2.24, 2.45) is 0 Å². The summed E-state index contributed by atoms with van der Waals surface area (Å²) in [4.78, 5) is 0. The molecule has 1 aliphatic rings. The molecule has 0 saturated heterocycles. The van der Waals surface area contributed by atoms with Crippen molar-refractivity contribution >= 4 is 0 Å². The molecule has 0 heterocycles. The lowest BCUT2D eigenvalue weighted by atomic mass is 9.78. The van der Waals surface area contributed by atoms with Gasteiger partial charge in [-0.15, -0.1) is 0 Å². The molecule has 5 nitrogen and oxygen atoms in total. The van der Waals surface area contributed by atoms with E-state index in [2.05, 4.69) is 0 Å². The summed E-state index contributed by atoms with van der Waals surface area (Å²) in [6, 6.07) is 9.92. The molecule has 5 heteroatoms. The molecule has 2 aromatic carbocycles. The molecule has 0 aromatic heterocycles. The lowest BCUT2D eigenvalue weighted by Crippen LogP contribution is -2.35. The van der Waals surface area contributed by atoms with Gasteiger partial charge >= 0.3 is 0 Å². The van der Waals surface area contributed by atoms with Crippen LogP contribution in [0, 0.1) is 0 Å². The molecule has 3 N–H and O–H groups in total. The van der Waals surface area contributed by atoms with Crippen molar-refractivity contribution in [2.75, 3.05) is 14.2 Å². The van der Waals surface area contributed by atoms with Crippen LogP contribution in [0.25, 0.3) is 0 Å². The number of aliphatic hydroxyl groups is 3. The third-order valence-corrected chi connectivity index (χ3v) is 3.84. The third kappa shape index (κ3) is 1.82. The smallest absolute Gasteiger partial charge is 0.225 e. The lowest BCUT2D eigenvalue weighted by Gasteiger charge is -2.36. The number of aliphatic hydroxyl groups excluding tert-OH is 1. The SMILES string of the molecule is COc1cccc2c1C(O)(O)c1c(OC)cccc1C2O. The summed E-state index contributed by atoms with van der Waals surface area (Å²) in [5.41, 5.74) is 1.08. The largest absolute Gasteiger partial charge is 0.496 e. The summed E-state index contributed by atoms with van der Waals surface area (Å²) >= 11 is 0. The van der Waals surface area contributed by atoms with Crippen molar-refractivity contribution in [3.63, 3.8) is 0 Å². The Kier molecular flexibility index (Phi) is 3.13. The fourth-order valence-electron chi connectivity index (χ4n) is 2.93. The van der Waals surface area contributed by atoms with Gasteiger partial charge in [0.05, 0.1) is 25.3 Å². The minimum Gasteiger partial charge on any atom is -0.496 e. The van der Waals surface area contributed by atoms with Crippen LogP contribution < -0.4 is 9.47 Å². The molecule has 0 atom stereocenters. The van der Waals surface area contributed by atoms with Crippen molar-refractivity contribution in [1.29, 1.82) is 0 Å². The topological polar surface area (TPSA) is 79.2 Å². The minimum absolute atomic E-state index is 0.136. The van der Waals surface area contributed by atoms with Crippen LogP contribution in [0.2, 0.25) is 0 Å². The van der Waals surface area contributed by atoms with Gasteiger partial charge in [0, 0.05) is 0 Å². The second-order valence-electron chi connectivity index (χ2n) is 4.92. The number of benzene rings is 2. The Morgan fingerprint density at radius 2 is 1.29 bits per heavy atom. The maximum absolute atomic E-state index is 10.7. The van der Waals surface area contributed by atoms with Crippen molar-refractivity contribution in [3.05, 3.63) is 58.7 Å². The second-order valence-corrected chi connectivity index (χ2v) is 4.92. The van der Waals surface area contributed by atoms with Gasteiger partial charge in [-0.3, -0.25) is 0 Å². The standard InChI is InChI=1S/C16H16O5/c1-20-11-7-3-5-9-13(11)16(18,19)14-10(15(9)17)6-4-8-12(14)21-2/h3-8,15,17-19H,1-2H3. The van der Waals surface area contributed by atoms with Crippen molar-refractivity contribution in [2.45, 2.75) is 11.9 Å². The molecular formula is C16H16O5. The van der Waals surface area contributed by atoms with Crippen LogP contribution in [0.15, 0.2) is 36.4 Å². The number of fused-ring (bicyclic) bond motifs is 2. The summed E-state index contributed by atoms with van der Waals surface area (Å²) in [6.45, 7) is 0. The fourth-order valence-corrected chi connectivity index (χ4v) is 2.93. The maximum Gasteiger partial charge on any atom is 0.225 e. The van der Waals surface area contributed by atoms with Gasteiger partial charge in [0.1, 0.15) is 17.6 Å². The summed E-state index contributed by atoms with van der Waals surface area (Å²) < 4.78 is 10.4. The highest BCUT2D eigenvalue weighted by Gasteiger charge is 2.45. The van der Waals surface area contributed by atoms with Crippen molar-refractivity contribution < 1.29 is 24.8 Å². The van der Waals surface area contributed by atoms with Crippen molar-refractivity contribution in [1.82, 2.24) is 0 Å². The average Bonchev–Trinajstić information content (AvgIpc) is 2.51. The first-order valence-electron chi connectivity index (χ1n) is 6.50. The molecular weight excluding hydrogens is 272 g/mol. The fraction of sp³-hybridized carbons (Fsp3) is 0.250. The Balaban J connectivity index is 2.37. The highest BCUT2D eigenvalue weighted by molar-refractivity contribution is 5.60. The molecule has 0 spiro atoms. The van der Waals surface area contributed by atoms with Crippen LogP contribution in [0.5, 0.6) is 11.5 Å². The van der Waals surface area contributed by atoms with Gasteiger partial charge in [0.25, 0.3) is 0 Å². The van der Waals surface area contributed by atoms with E-state index in [4.69, 9.17) is 9.47 Å². The number of methoxy groups -OCH3 is 2. The van der Waals surface area contributed by atoms with E-state index in [9.17, 15) is 15.3 Å². The third-order valence-electron chi connectivity index (χ3n) is 3.84. The van der Waals surface area contributed by atoms with Gasteiger partial charge in [-0.2, -0.15) is 0 Å². The maximum atomic E-state index is 10.7. The first-order valence-corrected chi connectivity index (χ1v) is 6.50. The molecule has 0 aliphatic heterocycles. The Labute approximate surface area is 122 Å². The van der Waals surface area contributed by atoms with Crippen LogP contribution in [-0.4, -0.2) is 29.5 Å². The molecule has 0 unspecified atom stereocenters. The Bertz CT molecular complexity index is 636. The lowest BCUT2D eigenvalue weighted by molar-refractivity contribution is -0.139. The number of rotatable bonds is 2. The summed E-state index contributed by atoms with van der Waals surface area (Å²) in [5, 5.41) is 32.0. The van der Waals surface area contributed by atoms with Crippen LogP contribution in [-0.2, 0) is 5.79 Å². The second kappa shape index (κ2) is 4.73. The van der Waals surface area contributed by atoms with E-state index in [0.29, 0.717) is 22.6 Å².